The van der Waals surface area contributed by atoms with Crippen molar-refractivity contribution in [2.45, 2.75) is 12.8 Å². The third-order valence-electron chi connectivity index (χ3n) is 6.60. The Kier molecular flexibility index (Phi) is 5.85. The molecule has 0 spiro atoms. The molecular weight excluding hydrogens is 417 g/mol. The summed E-state index contributed by atoms with van der Waals surface area (Å²) >= 11 is 0. The molecule has 2 aromatic carbocycles. The normalized spacial score (nSPS) is 18.0. The van der Waals surface area contributed by atoms with Gasteiger partial charge >= 0.3 is 0 Å². The van der Waals surface area contributed by atoms with Gasteiger partial charge in [0.25, 0.3) is 5.95 Å². The Labute approximate surface area is 194 Å². The zero-order valence-electron chi connectivity index (χ0n) is 19.4. The highest BCUT2D eigenvalue weighted by atomic mass is 19.1. The molecule has 1 atom stereocenters. The summed E-state index contributed by atoms with van der Waals surface area (Å²) in [5, 5.41) is 4.71. The van der Waals surface area contributed by atoms with Crippen molar-refractivity contribution in [2.24, 2.45) is 12.0 Å². The van der Waals surface area contributed by atoms with Gasteiger partial charge in [0.05, 0.1) is 6.54 Å². The maximum absolute atomic E-state index is 15.0. The Morgan fingerprint density at radius 3 is 2.42 bits per heavy atom. The maximum Gasteiger partial charge on any atom is 0.251 e. The predicted molar refractivity (Wildman–Crippen MR) is 129 cm³/mol. The van der Waals surface area contributed by atoms with Crippen molar-refractivity contribution in [1.82, 2.24) is 24.6 Å². The summed E-state index contributed by atoms with van der Waals surface area (Å²) in [4.78, 5) is 16.4. The zero-order valence-corrected chi connectivity index (χ0v) is 19.4. The SMILES string of the molecule is CC(c1ccc(-c2ccccc2)c(F)c1)c1nc(N2CCN=C2N2CCN(C)CC2)nn1C. The number of hydrogen-bond acceptors (Lipinski definition) is 6. The lowest BCUT2D eigenvalue weighted by Crippen LogP contribution is -2.51. The molecule has 0 aliphatic carbocycles. The molecule has 3 aromatic rings. The second-order valence-electron chi connectivity index (χ2n) is 8.84. The Bertz CT molecular complexity index is 1150. The summed E-state index contributed by atoms with van der Waals surface area (Å²) in [5.41, 5.74) is 2.36. The van der Waals surface area contributed by atoms with E-state index in [1.165, 1.54) is 0 Å². The molecule has 5 rings (SSSR count). The van der Waals surface area contributed by atoms with Gasteiger partial charge in [-0.15, -0.1) is 5.10 Å². The molecule has 0 amide bonds. The summed E-state index contributed by atoms with van der Waals surface area (Å²) in [7, 11) is 4.05. The number of guanidine groups is 1. The van der Waals surface area contributed by atoms with Gasteiger partial charge in [-0.25, -0.2) is 4.39 Å². The maximum atomic E-state index is 15.0. The van der Waals surface area contributed by atoms with Gasteiger partial charge in [-0.05, 0) is 24.2 Å². The molecule has 33 heavy (non-hydrogen) atoms. The molecule has 2 aliphatic heterocycles. The first-order chi connectivity index (χ1) is 16.0. The quantitative estimate of drug-likeness (QED) is 0.615. The lowest BCUT2D eigenvalue weighted by molar-refractivity contribution is 0.214. The molecule has 0 N–H and O–H groups in total. The van der Waals surface area contributed by atoms with Crippen molar-refractivity contribution in [3.8, 4) is 11.1 Å². The number of likely N-dealkylation sites (N-methyl/N-ethyl adjacent to an activating group) is 1. The lowest BCUT2D eigenvalue weighted by atomic mass is 9.96. The number of halogens is 1. The minimum atomic E-state index is -0.225. The molecule has 1 fully saturated rings. The highest BCUT2D eigenvalue weighted by molar-refractivity contribution is 5.96. The summed E-state index contributed by atoms with van der Waals surface area (Å²) in [5.74, 6) is 2.11. The van der Waals surface area contributed by atoms with Gasteiger partial charge in [-0.3, -0.25) is 14.6 Å². The van der Waals surface area contributed by atoms with Crippen molar-refractivity contribution < 1.29 is 4.39 Å². The van der Waals surface area contributed by atoms with E-state index in [0.717, 1.165) is 62.2 Å². The van der Waals surface area contributed by atoms with Crippen molar-refractivity contribution in [3.05, 3.63) is 65.7 Å². The van der Waals surface area contributed by atoms with Gasteiger partial charge < -0.3 is 9.80 Å². The molecule has 172 valence electrons. The first kappa shape index (κ1) is 21.6. The Morgan fingerprint density at radius 1 is 0.939 bits per heavy atom. The number of benzene rings is 2. The van der Waals surface area contributed by atoms with E-state index in [9.17, 15) is 4.39 Å². The van der Waals surface area contributed by atoms with E-state index < -0.39 is 0 Å². The van der Waals surface area contributed by atoms with E-state index in [1.807, 2.05) is 61.1 Å². The second kappa shape index (κ2) is 8.94. The van der Waals surface area contributed by atoms with Crippen molar-refractivity contribution in [3.63, 3.8) is 0 Å². The average Bonchev–Trinajstić information content (AvgIpc) is 3.46. The van der Waals surface area contributed by atoms with Crippen LogP contribution >= 0.6 is 0 Å². The highest BCUT2D eigenvalue weighted by Gasteiger charge is 2.30. The molecule has 0 radical (unpaired) electrons. The van der Waals surface area contributed by atoms with Crippen LogP contribution in [0.25, 0.3) is 11.1 Å². The van der Waals surface area contributed by atoms with Crippen LogP contribution in [-0.2, 0) is 7.05 Å². The monoisotopic (exact) mass is 447 g/mol. The molecule has 8 heteroatoms. The molecule has 3 heterocycles. The predicted octanol–water partition coefficient (Wildman–Crippen LogP) is 3.20. The Hall–Kier alpha value is -3.26. The van der Waals surface area contributed by atoms with Crippen LogP contribution in [0.2, 0.25) is 0 Å². The van der Waals surface area contributed by atoms with Crippen molar-refractivity contribution in [2.75, 3.05) is 51.2 Å². The fourth-order valence-corrected chi connectivity index (χ4v) is 4.58. The van der Waals surface area contributed by atoms with Crippen LogP contribution in [0, 0.1) is 5.82 Å². The van der Waals surface area contributed by atoms with Crippen molar-refractivity contribution in [1.29, 1.82) is 0 Å². The van der Waals surface area contributed by atoms with Crippen LogP contribution in [0.5, 0.6) is 0 Å². The molecule has 2 aliphatic rings. The van der Waals surface area contributed by atoms with E-state index in [-0.39, 0.29) is 11.7 Å². The van der Waals surface area contributed by atoms with E-state index in [0.29, 0.717) is 11.5 Å². The molecule has 0 bridgehead atoms. The fraction of sp³-hybridized carbons (Fsp3) is 0.400. The first-order valence-electron chi connectivity index (χ1n) is 11.5. The van der Waals surface area contributed by atoms with Crippen LogP contribution in [0.15, 0.2) is 53.5 Å². The molecule has 7 nitrogen and oxygen atoms in total. The highest BCUT2D eigenvalue weighted by Crippen LogP contribution is 2.29. The zero-order chi connectivity index (χ0) is 22.9. The number of piperazine rings is 1. The van der Waals surface area contributed by atoms with E-state index in [4.69, 9.17) is 15.1 Å². The van der Waals surface area contributed by atoms with Gasteiger partial charge in [0.15, 0.2) is 0 Å². The van der Waals surface area contributed by atoms with Crippen LogP contribution in [0.1, 0.15) is 24.2 Å². The Morgan fingerprint density at radius 2 is 1.70 bits per heavy atom. The van der Waals surface area contributed by atoms with Gasteiger partial charge in [-0.2, -0.15) is 4.98 Å². The smallest absolute Gasteiger partial charge is 0.251 e. The fourth-order valence-electron chi connectivity index (χ4n) is 4.58. The molecule has 0 saturated carbocycles. The number of aryl methyl sites for hydroxylation is 1. The topological polar surface area (TPSA) is 52.8 Å². The van der Waals surface area contributed by atoms with E-state index in [2.05, 4.69) is 21.7 Å². The summed E-state index contributed by atoms with van der Waals surface area (Å²) in [6, 6.07) is 15.1. The third-order valence-corrected chi connectivity index (χ3v) is 6.60. The average molecular weight is 448 g/mol. The summed E-state index contributed by atoms with van der Waals surface area (Å²) < 4.78 is 16.8. The van der Waals surface area contributed by atoms with E-state index in [1.54, 1.807) is 6.07 Å². The molecule has 1 aromatic heterocycles. The number of anilines is 1. The van der Waals surface area contributed by atoms with Crippen LogP contribution in [0.4, 0.5) is 10.3 Å². The molecule has 1 unspecified atom stereocenters. The standard InChI is InChI=1S/C25H30FN7/c1-18(20-9-10-21(22(26)17-20)19-7-5-4-6-8-19)23-28-24(29-31(23)3)33-12-11-27-25(33)32-15-13-30(2)14-16-32/h4-10,17-18H,11-16H2,1-3H3. The lowest BCUT2D eigenvalue weighted by Gasteiger charge is -2.35. The van der Waals surface area contributed by atoms with Crippen LogP contribution in [-0.4, -0.2) is 76.8 Å². The number of aliphatic imine (C=N–C) groups is 1. The largest absolute Gasteiger partial charge is 0.340 e. The van der Waals surface area contributed by atoms with Crippen LogP contribution in [0.3, 0.4) is 0 Å². The van der Waals surface area contributed by atoms with Gasteiger partial charge in [0, 0.05) is 51.3 Å². The minimum Gasteiger partial charge on any atom is -0.340 e. The van der Waals surface area contributed by atoms with Gasteiger partial charge in [0.1, 0.15) is 11.6 Å². The van der Waals surface area contributed by atoms with Crippen LogP contribution < -0.4 is 4.90 Å². The summed E-state index contributed by atoms with van der Waals surface area (Å²) in [6.45, 7) is 7.52. The minimum absolute atomic E-state index is 0.0952. The number of aromatic nitrogens is 3. The Balaban J connectivity index is 1.37. The second-order valence-corrected chi connectivity index (χ2v) is 8.84. The van der Waals surface area contributed by atoms with Crippen molar-refractivity contribution >= 4 is 11.9 Å². The number of nitrogens with zero attached hydrogens (tertiary/aromatic N) is 7. The van der Waals surface area contributed by atoms with Gasteiger partial charge in [-0.1, -0.05) is 49.4 Å². The third kappa shape index (κ3) is 4.23. The van der Waals surface area contributed by atoms with Gasteiger partial charge in [0.2, 0.25) is 5.96 Å². The molecular formula is C25H30FN7. The molecule has 1 saturated heterocycles. The van der Waals surface area contributed by atoms with E-state index >= 15 is 0 Å². The summed E-state index contributed by atoms with van der Waals surface area (Å²) in [6.07, 6.45) is 0. The first-order valence-corrected chi connectivity index (χ1v) is 11.5. The number of rotatable bonds is 4. The number of hydrogen-bond donors (Lipinski definition) is 0.